The zero-order chi connectivity index (χ0) is 11.4. The first-order valence-corrected chi connectivity index (χ1v) is 5.94. The van der Waals surface area contributed by atoms with Crippen LogP contribution in [0.1, 0.15) is 5.56 Å². The fourth-order valence-corrected chi connectivity index (χ4v) is 2.17. The van der Waals surface area contributed by atoms with E-state index in [1.54, 1.807) is 0 Å². The summed E-state index contributed by atoms with van der Waals surface area (Å²) in [6.07, 6.45) is 0.174. The Morgan fingerprint density at radius 1 is 1.47 bits per heavy atom. The quantitative estimate of drug-likeness (QED) is 0.917. The van der Waals surface area contributed by atoms with E-state index in [-0.39, 0.29) is 18.5 Å². The molecule has 1 aromatic rings. The summed E-state index contributed by atoms with van der Waals surface area (Å²) < 4.78 is 5.53. The number of nitrogens with two attached hydrogens (primary N) is 1. The number of benzene rings is 1. The number of hydrogen-bond acceptors (Lipinski definition) is 3. The van der Waals surface area contributed by atoms with Gasteiger partial charge in [-0.1, -0.05) is 23.7 Å². The number of rotatable bonds is 3. The van der Waals surface area contributed by atoms with Crippen molar-refractivity contribution < 1.29 is 4.74 Å². The molecule has 5 heteroatoms. The van der Waals surface area contributed by atoms with Crippen LogP contribution in [-0.4, -0.2) is 37.2 Å². The molecule has 96 valence electrons. The van der Waals surface area contributed by atoms with Gasteiger partial charge in [0.1, 0.15) is 0 Å². The molecule has 1 unspecified atom stereocenters. The Morgan fingerprint density at radius 3 is 3.00 bits per heavy atom. The molecular weight excluding hydrogens is 259 g/mol. The monoisotopic (exact) mass is 276 g/mol. The molecule has 3 nitrogen and oxygen atoms in total. The van der Waals surface area contributed by atoms with Gasteiger partial charge in [0.15, 0.2) is 0 Å². The summed E-state index contributed by atoms with van der Waals surface area (Å²) in [5, 5.41) is 0.793. The topological polar surface area (TPSA) is 38.5 Å². The predicted octanol–water partition coefficient (Wildman–Crippen LogP) is 1.92. The van der Waals surface area contributed by atoms with E-state index in [1.807, 2.05) is 18.2 Å². The number of nitrogens with zero attached hydrogens (tertiary/aromatic N) is 1. The van der Waals surface area contributed by atoms with Crippen molar-refractivity contribution in [2.75, 3.05) is 26.2 Å². The zero-order valence-corrected chi connectivity index (χ0v) is 11.2. The van der Waals surface area contributed by atoms with Crippen LogP contribution in [0, 0.1) is 0 Å². The number of ether oxygens (including phenoxy) is 1. The van der Waals surface area contributed by atoms with Gasteiger partial charge in [0, 0.05) is 31.2 Å². The molecule has 0 aromatic heterocycles. The van der Waals surface area contributed by atoms with Crippen molar-refractivity contribution >= 4 is 24.0 Å². The summed E-state index contributed by atoms with van der Waals surface area (Å²) in [5.74, 6) is 0. The average Bonchev–Trinajstić information content (AvgIpc) is 2.29. The molecule has 2 rings (SSSR count). The standard InChI is InChI=1S/C12H17ClN2O.ClH/c13-11-3-1-2-10(6-11)8-15-4-5-16-12(7-14)9-15;/h1-3,6,12H,4-5,7-9,14H2;1H. The fraction of sp³-hybridized carbons (Fsp3) is 0.500. The second-order valence-electron chi connectivity index (χ2n) is 4.09. The highest BCUT2D eigenvalue weighted by Gasteiger charge is 2.18. The predicted molar refractivity (Wildman–Crippen MR) is 72.8 cm³/mol. The molecule has 0 radical (unpaired) electrons. The van der Waals surface area contributed by atoms with Crippen LogP contribution < -0.4 is 5.73 Å². The van der Waals surface area contributed by atoms with Gasteiger partial charge in [-0.25, -0.2) is 0 Å². The van der Waals surface area contributed by atoms with Crippen LogP contribution >= 0.6 is 24.0 Å². The summed E-state index contributed by atoms with van der Waals surface area (Å²) in [6.45, 7) is 4.14. The van der Waals surface area contributed by atoms with Crippen LogP contribution in [0.3, 0.4) is 0 Å². The second kappa shape index (κ2) is 7.19. The highest BCUT2D eigenvalue weighted by atomic mass is 35.5. The zero-order valence-electron chi connectivity index (χ0n) is 9.64. The lowest BCUT2D eigenvalue weighted by Crippen LogP contribution is -2.45. The van der Waals surface area contributed by atoms with Gasteiger partial charge >= 0.3 is 0 Å². The van der Waals surface area contributed by atoms with E-state index in [9.17, 15) is 0 Å². The van der Waals surface area contributed by atoms with Crippen molar-refractivity contribution in [1.82, 2.24) is 4.90 Å². The molecule has 1 aliphatic heterocycles. The molecule has 1 aromatic carbocycles. The summed E-state index contributed by atoms with van der Waals surface area (Å²) in [4.78, 5) is 2.35. The molecule has 0 saturated carbocycles. The average molecular weight is 277 g/mol. The molecule has 1 aliphatic rings. The maximum Gasteiger partial charge on any atom is 0.0824 e. The van der Waals surface area contributed by atoms with Gasteiger partial charge in [-0.3, -0.25) is 4.90 Å². The molecule has 1 saturated heterocycles. The second-order valence-corrected chi connectivity index (χ2v) is 4.53. The van der Waals surface area contributed by atoms with Crippen LogP contribution in [0.5, 0.6) is 0 Å². The number of halogens is 2. The summed E-state index contributed by atoms with van der Waals surface area (Å²) in [7, 11) is 0. The summed E-state index contributed by atoms with van der Waals surface area (Å²) in [6, 6.07) is 7.98. The Labute approximate surface area is 113 Å². The number of hydrogen-bond donors (Lipinski definition) is 1. The minimum absolute atomic E-state index is 0. The van der Waals surface area contributed by atoms with Gasteiger partial charge < -0.3 is 10.5 Å². The first kappa shape index (κ1) is 14.7. The molecule has 0 spiro atoms. The van der Waals surface area contributed by atoms with Crippen molar-refractivity contribution in [3.63, 3.8) is 0 Å². The van der Waals surface area contributed by atoms with Gasteiger partial charge in [-0.05, 0) is 17.7 Å². The normalized spacial score (nSPS) is 20.9. The van der Waals surface area contributed by atoms with Gasteiger partial charge in [0.25, 0.3) is 0 Å². The Hall–Kier alpha value is -0.320. The Morgan fingerprint density at radius 2 is 2.29 bits per heavy atom. The third kappa shape index (κ3) is 4.45. The Bertz CT molecular complexity index is 349. The molecule has 1 fully saturated rings. The van der Waals surface area contributed by atoms with E-state index in [1.165, 1.54) is 5.56 Å². The van der Waals surface area contributed by atoms with Gasteiger partial charge in [0.05, 0.1) is 12.7 Å². The van der Waals surface area contributed by atoms with Crippen molar-refractivity contribution in [1.29, 1.82) is 0 Å². The number of morpholine rings is 1. The van der Waals surface area contributed by atoms with Crippen molar-refractivity contribution in [2.24, 2.45) is 5.73 Å². The minimum atomic E-state index is 0. The molecular formula is C12H18Cl2N2O. The van der Waals surface area contributed by atoms with Gasteiger partial charge in [-0.15, -0.1) is 12.4 Å². The molecule has 1 heterocycles. The van der Waals surface area contributed by atoms with Crippen LogP contribution in [0.2, 0.25) is 5.02 Å². The van der Waals surface area contributed by atoms with E-state index in [0.717, 1.165) is 31.3 Å². The molecule has 2 N–H and O–H groups in total. The summed E-state index contributed by atoms with van der Waals surface area (Å²) in [5.41, 5.74) is 6.85. The van der Waals surface area contributed by atoms with E-state index in [0.29, 0.717) is 6.54 Å². The summed E-state index contributed by atoms with van der Waals surface area (Å²) >= 11 is 5.96. The van der Waals surface area contributed by atoms with E-state index < -0.39 is 0 Å². The van der Waals surface area contributed by atoms with Gasteiger partial charge in [0.2, 0.25) is 0 Å². The lowest BCUT2D eigenvalue weighted by molar-refractivity contribution is -0.0260. The first-order chi connectivity index (χ1) is 7.78. The third-order valence-electron chi connectivity index (χ3n) is 2.78. The fourth-order valence-electron chi connectivity index (χ4n) is 1.96. The van der Waals surface area contributed by atoms with Crippen LogP contribution in [-0.2, 0) is 11.3 Å². The SMILES string of the molecule is Cl.NCC1CN(Cc2cccc(Cl)c2)CCO1. The highest BCUT2D eigenvalue weighted by molar-refractivity contribution is 6.30. The van der Waals surface area contributed by atoms with E-state index in [2.05, 4.69) is 11.0 Å². The maximum absolute atomic E-state index is 5.96. The van der Waals surface area contributed by atoms with Gasteiger partial charge in [-0.2, -0.15) is 0 Å². The molecule has 17 heavy (non-hydrogen) atoms. The smallest absolute Gasteiger partial charge is 0.0824 e. The van der Waals surface area contributed by atoms with Crippen molar-refractivity contribution in [3.05, 3.63) is 34.9 Å². The van der Waals surface area contributed by atoms with Crippen LogP contribution in [0.4, 0.5) is 0 Å². The van der Waals surface area contributed by atoms with Crippen molar-refractivity contribution in [2.45, 2.75) is 12.6 Å². The molecule has 0 amide bonds. The Kier molecular flexibility index (Phi) is 6.23. The van der Waals surface area contributed by atoms with Crippen LogP contribution in [0.25, 0.3) is 0 Å². The van der Waals surface area contributed by atoms with E-state index >= 15 is 0 Å². The molecule has 0 aliphatic carbocycles. The minimum Gasteiger partial charge on any atom is -0.374 e. The van der Waals surface area contributed by atoms with Crippen molar-refractivity contribution in [3.8, 4) is 0 Å². The first-order valence-electron chi connectivity index (χ1n) is 5.56. The lowest BCUT2D eigenvalue weighted by Gasteiger charge is -2.32. The maximum atomic E-state index is 5.96. The van der Waals surface area contributed by atoms with E-state index in [4.69, 9.17) is 22.1 Å². The third-order valence-corrected chi connectivity index (χ3v) is 3.02. The molecule has 0 bridgehead atoms. The highest BCUT2D eigenvalue weighted by Crippen LogP contribution is 2.14. The van der Waals surface area contributed by atoms with Crippen LogP contribution in [0.15, 0.2) is 24.3 Å². The lowest BCUT2D eigenvalue weighted by atomic mass is 10.2. The largest absolute Gasteiger partial charge is 0.374 e. The Balaban J connectivity index is 0.00000144. The molecule has 1 atom stereocenters.